The van der Waals surface area contributed by atoms with Gasteiger partial charge in [-0.05, 0) is 34.7 Å². The monoisotopic (exact) mass is 368 g/mol. The van der Waals surface area contributed by atoms with Crippen molar-refractivity contribution in [3.8, 4) is 0 Å². The molecule has 0 aliphatic heterocycles. The molecule has 0 aliphatic rings. The molecule has 0 fully saturated rings. The Hall–Kier alpha value is -0.800. The zero-order valence-corrected chi connectivity index (χ0v) is 9.94. The first-order valence-corrected chi connectivity index (χ1v) is 5.08. The van der Waals surface area contributed by atoms with Gasteiger partial charge in [-0.15, -0.1) is 0 Å². The van der Waals surface area contributed by atoms with Gasteiger partial charge in [0.2, 0.25) is 0 Å². The van der Waals surface area contributed by atoms with E-state index < -0.39 is 32.6 Å². The van der Waals surface area contributed by atoms with Crippen molar-refractivity contribution in [1.29, 1.82) is 0 Å². The maximum absolute atomic E-state index is 12.4. The topological polar surface area (TPSA) is 17.1 Å². The number of carbonyl (C=O) groups is 1. The summed E-state index contributed by atoms with van der Waals surface area (Å²) in [5.74, 6) is 0. The van der Waals surface area contributed by atoms with E-state index in [0.29, 0.717) is 6.07 Å². The summed E-state index contributed by atoms with van der Waals surface area (Å²) in [5.41, 5.74) is -3.59. The van der Waals surface area contributed by atoms with E-state index in [9.17, 15) is 31.1 Å². The minimum Gasteiger partial charge on any atom is -0.298 e. The third-order valence-corrected chi connectivity index (χ3v) is 3.06. The Morgan fingerprint density at radius 3 is 1.88 bits per heavy atom. The summed E-state index contributed by atoms with van der Waals surface area (Å²) in [6.07, 6.45) is -9.90. The smallest absolute Gasteiger partial charge is 0.298 e. The SMILES string of the molecule is O=Cc1cc(C(F)(F)F)cc(C(F)(F)F)c1I. The Balaban J connectivity index is 3.56. The Labute approximate surface area is 105 Å². The molecule has 17 heavy (non-hydrogen) atoms. The van der Waals surface area contributed by atoms with Crippen LogP contribution in [0.15, 0.2) is 12.1 Å². The van der Waals surface area contributed by atoms with E-state index in [0.717, 1.165) is 0 Å². The van der Waals surface area contributed by atoms with Gasteiger partial charge in [0.15, 0.2) is 6.29 Å². The summed E-state index contributed by atoms with van der Waals surface area (Å²) in [6.45, 7) is 0. The van der Waals surface area contributed by atoms with Crippen molar-refractivity contribution in [3.05, 3.63) is 32.4 Å². The predicted molar refractivity (Wildman–Crippen MR) is 54.6 cm³/mol. The van der Waals surface area contributed by atoms with Crippen LogP contribution >= 0.6 is 22.6 Å². The van der Waals surface area contributed by atoms with Crippen LogP contribution in [0.2, 0.25) is 0 Å². The second-order valence-corrected chi connectivity index (χ2v) is 4.12. The lowest BCUT2D eigenvalue weighted by Gasteiger charge is -2.14. The van der Waals surface area contributed by atoms with Crippen LogP contribution in [0.3, 0.4) is 0 Å². The summed E-state index contributed by atoms with van der Waals surface area (Å²) >= 11 is 1.19. The van der Waals surface area contributed by atoms with Crippen molar-refractivity contribution in [3.63, 3.8) is 0 Å². The van der Waals surface area contributed by atoms with Crippen molar-refractivity contribution < 1.29 is 31.1 Å². The highest BCUT2D eigenvalue weighted by Crippen LogP contribution is 2.38. The molecular formula is C9H3F6IO. The average molecular weight is 368 g/mol. The lowest BCUT2D eigenvalue weighted by atomic mass is 10.1. The number of hydrogen-bond acceptors (Lipinski definition) is 1. The van der Waals surface area contributed by atoms with Crippen LogP contribution in [-0.4, -0.2) is 6.29 Å². The third-order valence-electron chi connectivity index (χ3n) is 1.86. The fraction of sp³-hybridized carbons (Fsp3) is 0.222. The number of halogens is 7. The number of aldehydes is 1. The Morgan fingerprint density at radius 1 is 1.00 bits per heavy atom. The molecule has 1 aromatic carbocycles. The second kappa shape index (κ2) is 4.46. The first kappa shape index (κ1) is 14.3. The van der Waals surface area contributed by atoms with Crippen molar-refractivity contribution >= 4 is 28.9 Å². The molecule has 0 spiro atoms. The number of hydrogen-bond donors (Lipinski definition) is 0. The lowest BCUT2D eigenvalue weighted by Crippen LogP contribution is -2.14. The Bertz CT molecular complexity index is 448. The van der Waals surface area contributed by atoms with Crippen molar-refractivity contribution in [2.24, 2.45) is 0 Å². The highest BCUT2D eigenvalue weighted by Gasteiger charge is 2.38. The van der Waals surface area contributed by atoms with E-state index in [4.69, 9.17) is 0 Å². The maximum atomic E-state index is 12.4. The molecule has 0 radical (unpaired) electrons. The molecule has 0 aliphatic carbocycles. The van der Waals surface area contributed by atoms with Crippen molar-refractivity contribution in [1.82, 2.24) is 0 Å². The molecule has 1 nitrogen and oxygen atoms in total. The Morgan fingerprint density at radius 2 is 1.53 bits per heavy atom. The van der Waals surface area contributed by atoms with Gasteiger partial charge in [0.05, 0.1) is 11.1 Å². The van der Waals surface area contributed by atoms with E-state index >= 15 is 0 Å². The van der Waals surface area contributed by atoms with E-state index in [2.05, 4.69) is 0 Å². The Kier molecular flexibility index (Phi) is 3.75. The van der Waals surface area contributed by atoms with Gasteiger partial charge in [0, 0.05) is 9.13 Å². The standard InChI is InChI=1S/C9H3F6IO/c10-8(11,12)5-1-4(3-17)7(16)6(2-5)9(13,14)15/h1-3H. The van der Waals surface area contributed by atoms with Crippen molar-refractivity contribution in [2.75, 3.05) is 0 Å². The molecule has 1 aromatic rings. The first-order valence-electron chi connectivity index (χ1n) is 4.00. The molecule has 1 rings (SSSR count). The molecule has 0 amide bonds. The molecule has 0 unspecified atom stereocenters. The lowest BCUT2D eigenvalue weighted by molar-refractivity contribution is -0.143. The normalized spacial score (nSPS) is 12.6. The zero-order valence-electron chi connectivity index (χ0n) is 7.79. The van der Waals surface area contributed by atoms with Crippen LogP contribution in [0.1, 0.15) is 21.5 Å². The van der Waals surface area contributed by atoms with Gasteiger partial charge >= 0.3 is 12.4 Å². The van der Waals surface area contributed by atoms with Gasteiger partial charge in [-0.3, -0.25) is 4.79 Å². The molecule has 0 saturated carbocycles. The first-order chi connectivity index (χ1) is 7.57. The molecule has 0 N–H and O–H groups in total. The van der Waals surface area contributed by atoms with E-state index in [-0.39, 0.29) is 12.4 Å². The molecule has 0 atom stereocenters. The highest BCUT2D eigenvalue weighted by molar-refractivity contribution is 14.1. The van der Waals surface area contributed by atoms with Crippen LogP contribution in [0, 0.1) is 3.57 Å². The van der Waals surface area contributed by atoms with Crippen LogP contribution in [0.25, 0.3) is 0 Å². The van der Waals surface area contributed by atoms with E-state index in [1.54, 1.807) is 0 Å². The second-order valence-electron chi connectivity index (χ2n) is 3.04. The predicted octanol–water partition coefficient (Wildman–Crippen LogP) is 4.14. The fourth-order valence-corrected chi connectivity index (χ4v) is 1.85. The molecule has 8 heteroatoms. The van der Waals surface area contributed by atoms with Gasteiger partial charge in [0.25, 0.3) is 0 Å². The number of alkyl halides is 6. The summed E-state index contributed by atoms with van der Waals surface area (Å²) in [4.78, 5) is 10.4. The summed E-state index contributed by atoms with van der Waals surface area (Å²) in [6, 6.07) is 0.388. The minimum atomic E-state index is -4.93. The average Bonchev–Trinajstić information content (AvgIpc) is 2.14. The fourth-order valence-electron chi connectivity index (χ4n) is 1.10. The summed E-state index contributed by atoms with van der Waals surface area (Å²) in [7, 11) is 0. The van der Waals surface area contributed by atoms with Crippen molar-refractivity contribution in [2.45, 2.75) is 12.4 Å². The number of carbonyl (C=O) groups excluding carboxylic acids is 1. The van der Waals surface area contributed by atoms with Crippen LogP contribution in [0.5, 0.6) is 0 Å². The highest BCUT2D eigenvalue weighted by atomic mass is 127. The van der Waals surface area contributed by atoms with Gasteiger partial charge in [-0.2, -0.15) is 26.3 Å². The van der Waals surface area contributed by atoms with E-state index in [1.807, 2.05) is 0 Å². The molecule has 0 aromatic heterocycles. The molecule has 94 valence electrons. The number of benzene rings is 1. The maximum Gasteiger partial charge on any atom is 0.417 e. The van der Waals surface area contributed by atoms with Gasteiger partial charge in [-0.1, -0.05) is 0 Å². The zero-order chi connectivity index (χ0) is 13.4. The minimum absolute atomic E-state index is 0.00519. The van der Waals surface area contributed by atoms with Crippen LogP contribution in [0.4, 0.5) is 26.3 Å². The molecule has 0 saturated heterocycles. The van der Waals surface area contributed by atoms with Gasteiger partial charge < -0.3 is 0 Å². The van der Waals surface area contributed by atoms with Crippen LogP contribution < -0.4 is 0 Å². The molecule has 0 bridgehead atoms. The number of rotatable bonds is 1. The van der Waals surface area contributed by atoms with E-state index in [1.165, 1.54) is 22.6 Å². The molecule has 0 heterocycles. The summed E-state index contributed by atoms with van der Waals surface area (Å²) in [5, 5.41) is 0. The third kappa shape index (κ3) is 3.11. The summed E-state index contributed by atoms with van der Waals surface area (Å²) < 4.78 is 73.7. The van der Waals surface area contributed by atoms with Gasteiger partial charge in [0.1, 0.15) is 0 Å². The molecular weight excluding hydrogens is 365 g/mol. The van der Waals surface area contributed by atoms with Gasteiger partial charge in [-0.25, -0.2) is 0 Å². The quantitative estimate of drug-likeness (QED) is 0.414. The van der Waals surface area contributed by atoms with Crippen LogP contribution in [-0.2, 0) is 12.4 Å². The largest absolute Gasteiger partial charge is 0.417 e.